The number of hydrogen-bond donors (Lipinski definition) is 2. The average molecular weight is 297 g/mol. The van der Waals surface area contributed by atoms with Crippen LogP contribution in [0.2, 0.25) is 0 Å². The lowest BCUT2D eigenvalue weighted by molar-refractivity contribution is 0.282. The third-order valence-electron chi connectivity index (χ3n) is 2.71. The van der Waals surface area contributed by atoms with E-state index in [1.165, 1.54) is 6.07 Å². The summed E-state index contributed by atoms with van der Waals surface area (Å²) in [6.07, 6.45) is 0. The normalized spacial score (nSPS) is 13.4. The van der Waals surface area contributed by atoms with Crippen molar-refractivity contribution in [2.24, 2.45) is 0 Å². The molecule has 1 heterocycles. The van der Waals surface area contributed by atoms with E-state index in [4.69, 9.17) is 5.11 Å². The van der Waals surface area contributed by atoms with E-state index in [-0.39, 0.29) is 16.9 Å². The molecule has 2 aromatic rings. The molecule has 0 bridgehead atoms. The van der Waals surface area contributed by atoms with Gasteiger partial charge in [0.25, 0.3) is 10.0 Å². The quantitative estimate of drug-likeness (QED) is 0.890. The van der Waals surface area contributed by atoms with Crippen LogP contribution < -0.4 is 4.72 Å². The summed E-state index contributed by atoms with van der Waals surface area (Å²) in [4.78, 5) is 0. The molecule has 0 saturated heterocycles. The lowest BCUT2D eigenvalue weighted by atomic mass is 10.1. The summed E-state index contributed by atoms with van der Waals surface area (Å²) in [5.41, 5.74) is 1.52. The first kappa shape index (κ1) is 14.2. The second-order valence-corrected chi connectivity index (χ2v) is 7.04. The van der Waals surface area contributed by atoms with Crippen molar-refractivity contribution in [3.63, 3.8) is 0 Å². The predicted octanol–water partition coefficient (Wildman–Crippen LogP) is 2.28. The van der Waals surface area contributed by atoms with Crippen LogP contribution in [0.1, 0.15) is 24.1 Å². The fourth-order valence-corrected chi connectivity index (χ4v) is 4.13. The largest absolute Gasteiger partial charge is 0.392 e. The lowest BCUT2D eigenvalue weighted by Gasteiger charge is -2.13. The molecule has 0 aliphatic heterocycles. The number of aliphatic hydroxyl groups is 1. The molecule has 0 saturated carbocycles. The van der Waals surface area contributed by atoms with Gasteiger partial charge in [-0.15, -0.1) is 11.3 Å². The first-order chi connectivity index (χ1) is 9.03. The van der Waals surface area contributed by atoms with Crippen molar-refractivity contribution in [1.82, 2.24) is 4.72 Å². The van der Waals surface area contributed by atoms with Crippen LogP contribution in [-0.4, -0.2) is 13.5 Å². The molecular formula is C13H15NO3S2. The summed E-state index contributed by atoms with van der Waals surface area (Å²) in [5.74, 6) is 0. The number of sulfonamides is 1. The number of thiophene rings is 1. The van der Waals surface area contributed by atoms with Crippen LogP contribution >= 0.6 is 11.3 Å². The Balaban J connectivity index is 2.17. The molecule has 19 heavy (non-hydrogen) atoms. The van der Waals surface area contributed by atoms with Gasteiger partial charge >= 0.3 is 0 Å². The van der Waals surface area contributed by atoms with Crippen molar-refractivity contribution in [3.05, 3.63) is 52.9 Å². The van der Waals surface area contributed by atoms with Crippen molar-refractivity contribution < 1.29 is 13.5 Å². The van der Waals surface area contributed by atoms with E-state index < -0.39 is 10.0 Å². The smallest absolute Gasteiger partial charge is 0.250 e. The van der Waals surface area contributed by atoms with E-state index in [0.717, 1.165) is 16.9 Å². The number of rotatable bonds is 5. The highest BCUT2D eigenvalue weighted by atomic mass is 32.2. The topological polar surface area (TPSA) is 66.4 Å². The van der Waals surface area contributed by atoms with Gasteiger partial charge in [-0.2, -0.15) is 0 Å². The molecule has 1 aromatic carbocycles. The summed E-state index contributed by atoms with van der Waals surface area (Å²) in [5, 5.41) is 10.6. The van der Waals surface area contributed by atoms with Crippen LogP contribution in [0, 0.1) is 0 Å². The zero-order chi connectivity index (χ0) is 13.9. The van der Waals surface area contributed by atoms with E-state index >= 15 is 0 Å². The standard InChI is InChI=1S/C13H15NO3S2/c1-10(12-5-3-2-4-6-12)14-19(16,17)13-7-11(8-15)9-18-13/h2-7,9-10,14-15H,8H2,1H3. The Morgan fingerprint density at radius 3 is 2.58 bits per heavy atom. The highest BCUT2D eigenvalue weighted by Crippen LogP contribution is 2.22. The van der Waals surface area contributed by atoms with Gasteiger partial charge in [0.05, 0.1) is 6.61 Å². The van der Waals surface area contributed by atoms with Gasteiger partial charge in [0.15, 0.2) is 0 Å². The van der Waals surface area contributed by atoms with E-state index in [1.54, 1.807) is 12.3 Å². The second-order valence-electron chi connectivity index (χ2n) is 4.19. The third kappa shape index (κ3) is 3.42. The van der Waals surface area contributed by atoms with Gasteiger partial charge in [0, 0.05) is 6.04 Å². The molecule has 0 aliphatic rings. The molecule has 102 valence electrons. The monoisotopic (exact) mass is 297 g/mol. The van der Waals surface area contributed by atoms with Crippen LogP contribution in [0.25, 0.3) is 0 Å². The second kappa shape index (κ2) is 5.83. The molecule has 6 heteroatoms. The van der Waals surface area contributed by atoms with E-state index in [1.807, 2.05) is 30.3 Å². The van der Waals surface area contributed by atoms with Gasteiger partial charge in [-0.3, -0.25) is 0 Å². The Morgan fingerprint density at radius 1 is 1.32 bits per heavy atom. The predicted molar refractivity (Wildman–Crippen MR) is 75.4 cm³/mol. The van der Waals surface area contributed by atoms with Crippen molar-refractivity contribution in [2.75, 3.05) is 0 Å². The van der Waals surface area contributed by atoms with Crippen LogP contribution in [0.15, 0.2) is 46.0 Å². The molecule has 0 radical (unpaired) electrons. The minimum Gasteiger partial charge on any atom is -0.392 e. The first-order valence-corrected chi connectivity index (χ1v) is 8.15. The number of hydrogen-bond acceptors (Lipinski definition) is 4. The maximum absolute atomic E-state index is 12.2. The van der Waals surface area contributed by atoms with Crippen LogP contribution in [0.4, 0.5) is 0 Å². The van der Waals surface area contributed by atoms with Gasteiger partial charge in [-0.1, -0.05) is 30.3 Å². The summed E-state index contributed by atoms with van der Waals surface area (Å²) in [6, 6.07) is 10.6. The Morgan fingerprint density at radius 2 is 2.00 bits per heavy atom. The molecule has 2 rings (SSSR count). The van der Waals surface area contributed by atoms with E-state index in [2.05, 4.69) is 4.72 Å². The highest BCUT2D eigenvalue weighted by molar-refractivity contribution is 7.91. The summed E-state index contributed by atoms with van der Waals surface area (Å²) in [7, 11) is -3.54. The zero-order valence-electron chi connectivity index (χ0n) is 10.4. The Bertz CT molecular complexity index is 635. The Kier molecular flexibility index (Phi) is 4.36. The Labute approximate surface area is 116 Å². The molecule has 0 aliphatic carbocycles. The minimum absolute atomic E-state index is 0.153. The van der Waals surface area contributed by atoms with Crippen molar-refractivity contribution in [1.29, 1.82) is 0 Å². The van der Waals surface area contributed by atoms with Crippen molar-refractivity contribution in [3.8, 4) is 0 Å². The average Bonchev–Trinajstić information content (AvgIpc) is 2.89. The molecule has 0 amide bonds. The Hall–Kier alpha value is -1.21. The van der Waals surface area contributed by atoms with Gasteiger partial charge in [0.2, 0.25) is 0 Å². The van der Waals surface area contributed by atoms with Gasteiger partial charge in [0.1, 0.15) is 4.21 Å². The fourth-order valence-electron chi connectivity index (χ4n) is 1.68. The molecule has 4 nitrogen and oxygen atoms in total. The van der Waals surface area contributed by atoms with Crippen LogP contribution in [0.5, 0.6) is 0 Å². The molecule has 1 aromatic heterocycles. The molecule has 0 spiro atoms. The maximum atomic E-state index is 12.2. The van der Waals surface area contributed by atoms with Crippen LogP contribution in [0.3, 0.4) is 0 Å². The number of nitrogens with one attached hydrogen (secondary N) is 1. The van der Waals surface area contributed by atoms with E-state index in [9.17, 15) is 8.42 Å². The zero-order valence-corrected chi connectivity index (χ0v) is 12.0. The maximum Gasteiger partial charge on any atom is 0.250 e. The third-order valence-corrected chi connectivity index (χ3v) is 5.74. The molecule has 2 N–H and O–H groups in total. The summed E-state index contributed by atoms with van der Waals surface area (Å²) >= 11 is 1.11. The van der Waals surface area contributed by atoms with Gasteiger partial charge < -0.3 is 5.11 Å². The van der Waals surface area contributed by atoms with Gasteiger partial charge in [-0.05, 0) is 29.5 Å². The molecule has 1 unspecified atom stereocenters. The SMILES string of the molecule is CC(NS(=O)(=O)c1cc(CO)cs1)c1ccccc1. The van der Waals surface area contributed by atoms with Crippen LogP contribution in [-0.2, 0) is 16.6 Å². The summed E-state index contributed by atoms with van der Waals surface area (Å²) < 4.78 is 27.2. The molecule has 1 atom stereocenters. The van der Waals surface area contributed by atoms with Gasteiger partial charge in [-0.25, -0.2) is 13.1 Å². The van der Waals surface area contributed by atoms with Crippen molar-refractivity contribution in [2.45, 2.75) is 23.8 Å². The van der Waals surface area contributed by atoms with E-state index in [0.29, 0.717) is 5.56 Å². The fraction of sp³-hybridized carbons (Fsp3) is 0.231. The molecule has 0 fully saturated rings. The number of benzene rings is 1. The first-order valence-electron chi connectivity index (χ1n) is 5.78. The summed E-state index contributed by atoms with van der Waals surface area (Å²) in [6.45, 7) is 1.65. The minimum atomic E-state index is -3.54. The highest BCUT2D eigenvalue weighted by Gasteiger charge is 2.20. The van der Waals surface area contributed by atoms with Crippen molar-refractivity contribution >= 4 is 21.4 Å². The lowest BCUT2D eigenvalue weighted by Crippen LogP contribution is -2.26. The molecular weight excluding hydrogens is 282 g/mol. The number of aliphatic hydroxyl groups excluding tert-OH is 1.